The van der Waals surface area contributed by atoms with E-state index in [1.807, 2.05) is 36.4 Å². The number of ether oxygens (including phenoxy) is 1. The van der Waals surface area contributed by atoms with Crippen LogP contribution in [0, 0.1) is 11.8 Å². The molecule has 3 aromatic rings. The molecule has 112 valence electrons. The summed E-state index contributed by atoms with van der Waals surface area (Å²) in [4.78, 5) is 15.1. The monoisotopic (exact) mass is 302 g/mol. The van der Waals surface area contributed by atoms with Gasteiger partial charge in [-0.1, -0.05) is 24.0 Å². The molecule has 0 atom stereocenters. The van der Waals surface area contributed by atoms with Gasteiger partial charge in [0.25, 0.3) is 0 Å². The zero-order valence-corrected chi connectivity index (χ0v) is 12.5. The molecule has 3 rings (SSSR count). The summed E-state index contributed by atoms with van der Waals surface area (Å²) in [5.74, 6) is 6.38. The van der Waals surface area contributed by atoms with Crippen molar-refractivity contribution in [2.75, 3.05) is 7.11 Å². The van der Waals surface area contributed by atoms with Crippen molar-refractivity contribution in [1.82, 2.24) is 4.98 Å². The van der Waals surface area contributed by atoms with Crippen molar-refractivity contribution < 1.29 is 9.53 Å². The first-order chi connectivity index (χ1) is 11.2. The molecule has 4 heteroatoms. The quantitative estimate of drug-likeness (QED) is 0.740. The summed E-state index contributed by atoms with van der Waals surface area (Å²) in [7, 11) is 1.65. The van der Waals surface area contributed by atoms with Crippen molar-refractivity contribution in [1.29, 1.82) is 0 Å². The number of pyridine rings is 1. The molecule has 2 aromatic carbocycles. The van der Waals surface area contributed by atoms with Crippen molar-refractivity contribution in [3.63, 3.8) is 0 Å². The Hall–Kier alpha value is -3.32. The third kappa shape index (κ3) is 3.30. The molecule has 2 N–H and O–H groups in total. The van der Waals surface area contributed by atoms with E-state index < -0.39 is 5.91 Å². The molecule has 0 unspecified atom stereocenters. The number of benzene rings is 2. The van der Waals surface area contributed by atoms with E-state index in [2.05, 4.69) is 16.8 Å². The second kappa shape index (κ2) is 6.20. The van der Waals surface area contributed by atoms with Crippen molar-refractivity contribution >= 4 is 16.7 Å². The van der Waals surface area contributed by atoms with Crippen LogP contribution in [0.3, 0.4) is 0 Å². The van der Waals surface area contributed by atoms with Gasteiger partial charge in [-0.25, -0.2) is 0 Å². The highest BCUT2D eigenvalue weighted by Crippen LogP contribution is 2.21. The fourth-order valence-electron chi connectivity index (χ4n) is 2.22. The molecule has 0 bridgehead atoms. The zero-order valence-electron chi connectivity index (χ0n) is 12.5. The lowest BCUT2D eigenvalue weighted by Gasteiger charge is -2.02. The summed E-state index contributed by atoms with van der Waals surface area (Å²) in [5.41, 5.74) is 7.12. The first kappa shape index (κ1) is 14.6. The number of amides is 1. The highest BCUT2D eigenvalue weighted by molar-refractivity contribution is 5.92. The summed E-state index contributed by atoms with van der Waals surface area (Å²) in [6.45, 7) is 0. The van der Waals surface area contributed by atoms with Crippen LogP contribution in [0.5, 0.6) is 5.75 Å². The average Bonchev–Trinajstić information content (AvgIpc) is 2.59. The Labute approximate surface area is 133 Å². The molecule has 0 fully saturated rings. The maximum atomic E-state index is 11.1. The number of primary amides is 1. The maximum absolute atomic E-state index is 11.1. The summed E-state index contributed by atoms with van der Waals surface area (Å²) in [5, 5.41) is 2.17. The first-order valence-corrected chi connectivity index (χ1v) is 7.00. The Morgan fingerprint density at radius 2 is 1.74 bits per heavy atom. The van der Waals surface area contributed by atoms with Crippen LogP contribution in [-0.2, 0) is 0 Å². The third-order valence-corrected chi connectivity index (χ3v) is 3.42. The molecule has 4 nitrogen and oxygen atoms in total. The normalized spacial score (nSPS) is 9.96. The minimum Gasteiger partial charge on any atom is -0.497 e. The minimum absolute atomic E-state index is 0.349. The van der Waals surface area contributed by atoms with Crippen LogP contribution in [0.2, 0.25) is 0 Å². The maximum Gasteiger partial charge on any atom is 0.250 e. The number of carbonyl (C=O) groups is 1. The standard InChI is InChI=1S/C19H14N2O2/c1-23-18-7-6-15-8-13(4-5-16(15)10-18)2-3-14-9-17(19(20)22)12-21-11-14/h4-12H,1H3,(H2,20,22). The van der Waals surface area contributed by atoms with Crippen LogP contribution >= 0.6 is 0 Å². The fraction of sp³-hybridized carbons (Fsp3) is 0.0526. The number of nitrogens with zero attached hydrogens (tertiary/aromatic N) is 1. The van der Waals surface area contributed by atoms with Crippen LogP contribution in [-0.4, -0.2) is 18.0 Å². The van der Waals surface area contributed by atoms with Crippen molar-refractivity contribution in [2.45, 2.75) is 0 Å². The molecule has 0 saturated heterocycles. The van der Waals surface area contributed by atoms with Gasteiger partial charge in [-0.3, -0.25) is 9.78 Å². The number of hydrogen-bond acceptors (Lipinski definition) is 3. The van der Waals surface area contributed by atoms with Crippen molar-refractivity contribution in [2.24, 2.45) is 5.73 Å². The Kier molecular flexibility index (Phi) is 3.94. The molecule has 0 aliphatic carbocycles. The summed E-state index contributed by atoms with van der Waals surface area (Å²) in [6.07, 6.45) is 3.03. The molecular weight excluding hydrogens is 288 g/mol. The van der Waals surface area contributed by atoms with Gasteiger partial charge in [-0.05, 0) is 41.1 Å². The number of nitrogens with two attached hydrogens (primary N) is 1. The molecule has 0 aliphatic heterocycles. The van der Waals surface area contributed by atoms with E-state index in [1.54, 1.807) is 19.4 Å². The van der Waals surface area contributed by atoms with Gasteiger partial charge in [-0.2, -0.15) is 0 Å². The predicted octanol–water partition coefficient (Wildman–Crippen LogP) is 2.74. The molecule has 1 aromatic heterocycles. The lowest BCUT2D eigenvalue weighted by atomic mass is 10.1. The van der Waals surface area contributed by atoms with Gasteiger partial charge in [0.2, 0.25) is 5.91 Å². The minimum atomic E-state index is -0.513. The number of hydrogen-bond donors (Lipinski definition) is 1. The van der Waals surface area contributed by atoms with Crippen LogP contribution < -0.4 is 10.5 Å². The van der Waals surface area contributed by atoms with Crippen LogP contribution in [0.4, 0.5) is 0 Å². The summed E-state index contributed by atoms with van der Waals surface area (Å²) < 4.78 is 5.22. The fourth-order valence-corrected chi connectivity index (χ4v) is 2.22. The van der Waals surface area contributed by atoms with E-state index in [0.717, 1.165) is 22.1 Å². The lowest BCUT2D eigenvalue weighted by molar-refractivity contribution is 0.1000. The first-order valence-electron chi connectivity index (χ1n) is 7.00. The molecule has 23 heavy (non-hydrogen) atoms. The third-order valence-electron chi connectivity index (χ3n) is 3.42. The second-order valence-electron chi connectivity index (χ2n) is 5.00. The Balaban J connectivity index is 1.93. The van der Waals surface area contributed by atoms with E-state index in [4.69, 9.17) is 10.5 Å². The molecule has 1 amide bonds. The van der Waals surface area contributed by atoms with Gasteiger partial charge in [-0.15, -0.1) is 0 Å². The molecule has 0 spiro atoms. The summed E-state index contributed by atoms with van der Waals surface area (Å²) in [6, 6.07) is 13.5. The Bertz CT molecular complexity index is 952. The largest absolute Gasteiger partial charge is 0.497 e. The number of rotatable bonds is 2. The van der Waals surface area contributed by atoms with E-state index in [0.29, 0.717) is 11.1 Å². The van der Waals surface area contributed by atoms with Crippen molar-refractivity contribution in [3.05, 3.63) is 71.5 Å². The lowest BCUT2D eigenvalue weighted by Crippen LogP contribution is -2.11. The average molecular weight is 302 g/mol. The molecule has 0 saturated carbocycles. The number of fused-ring (bicyclic) bond motifs is 1. The highest BCUT2D eigenvalue weighted by Gasteiger charge is 2.01. The predicted molar refractivity (Wildman–Crippen MR) is 89.2 cm³/mol. The Morgan fingerprint density at radius 1 is 1.00 bits per heavy atom. The highest BCUT2D eigenvalue weighted by atomic mass is 16.5. The number of carbonyl (C=O) groups excluding carboxylic acids is 1. The smallest absolute Gasteiger partial charge is 0.250 e. The summed E-state index contributed by atoms with van der Waals surface area (Å²) >= 11 is 0. The van der Waals surface area contributed by atoms with E-state index >= 15 is 0 Å². The second-order valence-corrected chi connectivity index (χ2v) is 5.00. The molecule has 0 radical (unpaired) electrons. The van der Waals surface area contributed by atoms with Gasteiger partial charge in [0.15, 0.2) is 0 Å². The number of aromatic nitrogens is 1. The SMILES string of the molecule is COc1ccc2cc(C#Cc3cncc(C(N)=O)c3)ccc2c1. The molecule has 0 aliphatic rings. The van der Waals surface area contributed by atoms with E-state index in [9.17, 15) is 4.79 Å². The van der Waals surface area contributed by atoms with Crippen LogP contribution in [0.1, 0.15) is 21.5 Å². The van der Waals surface area contributed by atoms with Crippen LogP contribution in [0.25, 0.3) is 10.8 Å². The van der Waals surface area contributed by atoms with E-state index in [1.165, 1.54) is 6.20 Å². The molecular formula is C19H14N2O2. The van der Waals surface area contributed by atoms with Gasteiger partial charge >= 0.3 is 0 Å². The van der Waals surface area contributed by atoms with Gasteiger partial charge in [0.1, 0.15) is 5.75 Å². The van der Waals surface area contributed by atoms with Gasteiger partial charge in [0, 0.05) is 23.5 Å². The van der Waals surface area contributed by atoms with Gasteiger partial charge in [0.05, 0.1) is 12.7 Å². The number of methoxy groups -OCH3 is 1. The zero-order chi connectivity index (χ0) is 16.2. The van der Waals surface area contributed by atoms with E-state index in [-0.39, 0.29) is 0 Å². The topological polar surface area (TPSA) is 65.2 Å². The molecule has 1 heterocycles. The van der Waals surface area contributed by atoms with Crippen molar-refractivity contribution in [3.8, 4) is 17.6 Å². The Morgan fingerprint density at radius 3 is 2.52 bits per heavy atom. The van der Waals surface area contributed by atoms with Crippen LogP contribution in [0.15, 0.2) is 54.9 Å². The van der Waals surface area contributed by atoms with Gasteiger partial charge < -0.3 is 10.5 Å².